The molecule has 0 radical (unpaired) electrons. The molecule has 138 valence electrons. The van der Waals surface area contributed by atoms with Gasteiger partial charge in [0.25, 0.3) is 0 Å². The Hall–Kier alpha value is -3.12. The number of carbonyl (C=O) groups excluding carboxylic acids is 1. The quantitative estimate of drug-likeness (QED) is 0.563. The average Bonchev–Trinajstić information content (AvgIpc) is 3.40. The second kappa shape index (κ2) is 5.94. The van der Waals surface area contributed by atoms with E-state index in [-0.39, 0.29) is 19.1 Å². The van der Waals surface area contributed by atoms with Crippen LogP contribution in [0.25, 0.3) is 21.0 Å². The molecule has 0 bridgehead atoms. The summed E-state index contributed by atoms with van der Waals surface area (Å²) < 4.78 is 11.8. The van der Waals surface area contributed by atoms with Crippen molar-refractivity contribution in [2.75, 3.05) is 12.1 Å². The topological polar surface area (TPSA) is 60.5 Å². The molecular formula is C22H16N2O3S. The molecule has 0 saturated carbocycles. The fourth-order valence-electron chi connectivity index (χ4n) is 4.16. The van der Waals surface area contributed by atoms with Gasteiger partial charge in [-0.3, -0.25) is 4.79 Å². The van der Waals surface area contributed by atoms with Crippen molar-refractivity contribution in [2.45, 2.75) is 19.3 Å². The number of carbonyl (C=O) groups is 1. The van der Waals surface area contributed by atoms with Crippen LogP contribution in [0.5, 0.6) is 11.5 Å². The maximum atomic E-state index is 12.5. The number of nitrogens with one attached hydrogen (secondary N) is 1. The van der Waals surface area contributed by atoms with Crippen LogP contribution in [0.3, 0.4) is 0 Å². The molecule has 3 aromatic carbocycles. The Labute approximate surface area is 164 Å². The molecule has 0 atom stereocenters. The summed E-state index contributed by atoms with van der Waals surface area (Å²) >= 11 is 1.54. The minimum atomic E-state index is -0.0877. The summed E-state index contributed by atoms with van der Waals surface area (Å²) in [6.07, 6.45) is 2.45. The summed E-state index contributed by atoms with van der Waals surface area (Å²) in [5.74, 6) is 1.32. The van der Waals surface area contributed by atoms with Gasteiger partial charge in [-0.05, 0) is 53.1 Å². The van der Waals surface area contributed by atoms with E-state index in [4.69, 9.17) is 14.5 Å². The molecule has 6 heteroatoms. The maximum absolute atomic E-state index is 12.5. The van der Waals surface area contributed by atoms with Gasteiger partial charge >= 0.3 is 0 Å². The van der Waals surface area contributed by atoms with Crippen molar-refractivity contribution in [1.29, 1.82) is 0 Å². The molecule has 4 aromatic rings. The number of fused-ring (bicyclic) bond motifs is 3. The third kappa shape index (κ3) is 2.45. The van der Waals surface area contributed by atoms with Crippen molar-refractivity contribution >= 4 is 43.4 Å². The number of nitrogens with zero attached hydrogens (tertiary/aromatic N) is 1. The summed E-state index contributed by atoms with van der Waals surface area (Å²) in [6.45, 7) is 0.231. The van der Waals surface area contributed by atoms with E-state index in [1.807, 2.05) is 18.2 Å². The zero-order valence-electron chi connectivity index (χ0n) is 15.0. The van der Waals surface area contributed by atoms with Gasteiger partial charge in [-0.2, -0.15) is 0 Å². The largest absolute Gasteiger partial charge is 0.454 e. The van der Waals surface area contributed by atoms with Crippen LogP contribution in [0.2, 0.25) is 0 Å². The van der Waals surface area contributed by atoms with Crippen LogP contribution in [-0.2, 0) is 24.1 Å². The molecule has 0 spiro atoms. The van der Waals surface area contributed by atoms with E-state index >= 15 is 0 Å². The number of aromatic nitrogens is 1. The lowest BCUT2D eigenvalue weighted by Crippen LogP contribution is -2.14. The number of amides is 1. The highest BCUT2D eigenvalue weighted by Gasteiger charge is 2.19. The monoisotopic (exact) mass is 388 g/mol. The molecule has 1 aliphatic carbocycles. The Morgan fingerprint density at radius 3 is 2.93 bits per heavy atom. The molecule has 0 fully saturated rings. The molecule has 1 amide bonds. The lowest BCUT2D eigenvalue weighted by atomic mass is 10.0. The lowest BCUT2D eigenvalue weighted by Gasteiger charge is -2.03. The third-order valence-corrected chi connectivity index (χ3v) is 6.32. The minimum absolute atomic E-state index is 0.0877. The second-order valence-corrected chi connectivity index (χ2v) is 8.18. The van der Waals surface area contributed by atoms with Gasteiger partial charge in [-0.1, -0.05) is 35.6 Å². The third-order valence-electron chi connectivity index (χ3n) is 5.40. The van der Waals surface area contributed by atoms with Crippen molar-refractivity contribution in [3.63, 3.8) is 0 Å². The number of anilines is 1. The first-order chi connectivity index (χ1) is 13.7. The SMILES string of the molecule is O=C(Cc1ccc2c(c1)OCO2)Nc1nc2c(cc3c4c(cccc42)CC3)s1. The number of ether oxygens (including phenoxy) is 2. The van der Waals surface area contributed by atoms with Gasteiger partial charge in [0.2, 0.25) is 12.7 Å². The van der Waals surface area contributed by atoms with E-state index in [9.17, 15) is 4.79 Å². The second-order valence-electron chi connectivity index (χ2n) is 7.15. The van der Waals surface area contributed by atoms with Gasteiger partial charge in [0.1, 0.15) is 0 Å². The van der Waals surface area contributed by atoms with Crippen LogP contribution in [0.4, 0.5) is 5.13 Å². The van der Waals surface area contributed by atoms with Gasteiger partial charge in [-0.15, -0.1) is 0 Å². The van der Waals surface area contributed by atoms with Crippen molar-refractivity contribution in [3.05, 3.63) is 59.2 Å². The van der Waals surface area contributed by atoms with E-state index < -0.39 is 0 Å². The van der Waals surface area contributed by atoms with Crippen LogP contribution in [-0.4, -0.2) is 17.7 Å². The Balaban J connectivity index is 1.29. The fourth-order valence-corrected chi connectivity index (χ4v) is 5.12. The van der Waals surface area contributed by atoms with Gasteiger partial charge < -0.3 is 14.8 Å². The van der Waals surface area contributed by atoms with Crippen LogP contribution in [0.1, 0.15) is 16.7 Å². The number of hydrogen-bond acceptors (Lipinski definition) is 5. The standard InChI is InChI=1S/C22H16N2O3S/c25-19(9-12-4-7-16-17(8-12)27-11-26-16)23-22-24-21-15-3-1-2-13-5-6-14(20(13)15)10-18(21)28-22/h1-4,7-8,10H,5-6,9,11H2,(H,23,24,25). The van der Waals surface area contributed by atoms with Crippen LogP contribution in [0, 0.1) is 0 Å². The number of benzene rings is 3. The Morgan fingerprint density at radius 1 is 1.07 bits per heavy atom. The van der Waals surface area contributed by atoms with E-state index in [2.05, 4.69) is 29.6 Å². The Morgan fingerprint density at radius 2 is 1.96 bits per heavy atom. The zero-order chi connectivity index (χ0) is 18.7. The van der Waals surface area contributed by atoms with Crippen molar-refractivity contribution in [3.8, 4) is 11.5 Å². The van der Waals surface area contributed by atoms with Gasteiger partial charge in [-0.25, -0.2) is 4.98 Å². The first-order valence-corrected chi connectivity index (χ1v) is 10.1. The van der Waals surface area contributed by atoms with Gasteiger partial charge in [0, 0.05) is 5.39 Å². The smallest absolute Gasteiger partial charge is 0.231 e. The van der Waals surface area contributed by atoms with Crippen molar-refractivity contribution < 1.29 is 14.3 Å². The van der Waals surface area contributed by atoms with Gasteiger partial charge in [0.15, 0.2) is 16.6 Å². The number of rotatable bonds is 3. The summed E-state index contributed by atoms with van der Waals surface area (Å²) in [4.78, 5) is 17.3. The van der Waals surface area contributed by atoms with E-state index in [0.29, 0.717) is 10.9 Å². The van der Waals surface area contributed by atoms with Gasteiger partial charge in [0.05, 0.1) is 16.6 Å². The normalized spacial score (nSPS) is 14.1. The Bertz CT molecular complexity index is 1280. The van der Waals surface area contributed by atoms with Crippen LogP contribution in [0.15, 0.2) is 42.5 Å². The molecule has 5 nitrogen and oxygen atoms in total. The molecule has 0 unspecified atom stereocenters. The van der Waals surface area contributed by atoms with Crippen molar-refractivity contribution in [2.24, 2.45) is 0 Å². The minimum Gasteiger partial charge on any atom is -0.454 e. The van der Waals surface area contributed by atoms with E-state index in [0.717, 1.165) is 34.4 Å². The predicted octanol–water partition coefficient (Wildman–Crippen LogP) is 4.46. The summed E-state index contributed by atoms with van der Waals surface area (Å²) in [5.41, 5.74) is 4.65. The molecule has 0 saturated heterocycles. The lowest BCUT2D eigenvalue weighted by molar-refractivity contribution is -0.115. The molecule has 28 heavy (non-hydrogen) atoms. The molecule has 2 heterocycles. The maximum Gasteiger partial charge on any atom is 0.231 e. The summed E-state index contributed by atoms with van der Waals surface area (Å²) in [7, 11) is 0. The molecule has 2 aliphatic rings. The first-order valence-electron chi connectivity index (χ1n) is 9.27. The number of hydrogen-bond donors (Lipinski definition) is 1. The van der Waals surface area contributed by atoms with E-state index in [1.54, 1.807) is 0 Å². The zero-order valence-corrected chi connectivity index (χ0v) is 15.8. The predicted molar refractivity (Wildman–Crippen MR) is 109 cm³/mol. The summed E-state index contributed by atoms with van der Waals surface area (Å²) in [5, 5.41) is 6.14. The van der Waals surface area contributed by atoms with Crippen molar-refractivity contribution in [1.82, 2.24) is 4.98 Å². The molecule has 1 N–H and O–H groups in total. The highest BCUT2D eigenvalue weighted by atomic mass is 32.1. The fraction of sp³-hybridized carbons (Fsp3) is 0.182. The highest BCUT2D eigenvalue weighted by molar-refractivity contribution is 7.22. The molecule has 1 aromatic heterocycles. The molecule has 1 aliphatic heterocycles. The van der Waals surface area contributed by atoms with Crippen LogP contribution >= 0.6 is 11.3 Å². The molecular weight excluding hydrogens is 372 g/mol. The highest BCUT2D eigenvalue weighted by Crippen LogP contribution is 2.39. The number of thiazole rings is 1. The summed E-state index contributed by atoms with van der Waals surface area (Å²) in [6, 6.07) is 14.3. The molecule has 6 rings (SSSR count). The number of aryl methyl sites for hydroxylation is 2. The first kappa shape index (κ1) is 15.9. The van der Waals surface area contributed by atoms with E-state index in [1.165, 1.54) is 33.2 Å². The average molecular weight is 388 g/mol. The van der Waals surface area contributed by atoms with Crippen LogP contribution < -0.4 is 14.8 Å². The Kier molecular flexibility index (Phi) is 3.37.